The first-order chi connectivity index (χ1) is 13.2. The van der Waals surface area contributed by atoms with Gasteiger partial charge in [0.05, 0.1) is 11.1 Å². The van der Waals surface area contributed by atoms with E-state index in [9.17, 15) is 4.39 Å². The highest BCUT2D eigenvalue weighted by Crippen LogP contribution is 2.37. The van der Waals surface area contributed by atoms with Crippen LogP contribution in [0.2, 0.25) is 0 Å². The minimum Gasteiger partial charge on any atom is -0.490 e. The van der Waals surface area contributed by atoms with E-state index in [4.69, 9.17) is 9.47 Å². The monoisotopic (exact) mass is 435 g/mol. The first kappa shape index (κ1) is 20.2. The van der Waals surface area contributed by atoms with Gasteiger partial charge in [-0.1, -0.05) is 31.4 Å². The molecule has 2 aromatic carbocycles. The van der Waals surface area contributed by atoms with E-state index in [1.807, 2.05) is 13.0 Å². The molecule has 1 saturated carbocycles. The Balaban J connectivity index is 1.68. The van der Waals surface area contributed by atoms with Gasteiger partial charge in [0.1, 0.15) is 12.4 Å². The highest BCUT2D eigenvalue weighted by molar-refractivity contribution is 9.10. The molecule has 0 aromatic heterocycles. The van der Waals surface area contributed by atoms with Gasteiger partial charge in [-0.3, -0.25) is 0 Å². The molecule has 0 amide bonds. The largest absolute Gasteiger partial charge is 0.490 e. The third-order valence-corrected chi connectivity index (χ3v) is 5.45. The van der Waals surface area contributed by atoms with E-state index in [0.717, 1.165) is 22.3 Å². The molecule has 0 spiro atoms. The van der Waals surface area contributed by atoms with Gasteiger partial charge in [0, 0.05) is 12.6 Å². The summed E-state index contributed by atoms with van der Waals surface area (Å²) in [7, 11) is 0. The van der Waals surface area contributed by atoms with Gasteiger partial charge >= 0.3 is 0 Å². The molecular weight excluding hydrogens is 409 g/mol. The van der Waals surface area contributed by atoms with Gasteiger partial charge in [-0.15, -0.1) is 0 Å². The fourth-order valence-corrected chi connectivity index (χ4v) is 4.04. The van der Waals surface area contributed by atoms with Crippen LogP contribution < -0.4 is 14.8 Å². The van der Waals surface area contributed by atoms with Crippen LogP contribution in [0.15, 0.2) is 40.9 Å². The van der Waals surface area contributed by atoms with Crippen molar-refractivity contribution >= 4 is 15.9 Å². The lowest BCUT2D eigenvalue weighted by Gasteiger charge is -2.23. The second-order valence-corrected chi connectivity index (χ2v) is 7.82. The zero-order valence-corrected chi connectivity index (χ0v) is 17.4. The molecule has 0 bridgehead atoms. The standard InChI is InChI=1S/C22H27BrFNO2/c1-2-26-21-13-17(14-25-19-6-4-3-5-7-19)12-20(23)22(21)27-15-16-8-10-18(24)11-9-16/h8-13,19,25H,2-7,14-15H2,1H3. The highest BCUT2D eigenvalue weighted by atomic mass is 79.9. The average Bonchev–Trinajstić information content (AvgIpc) is 2.68. The molecule has 2 aromatic rings. The maximum Gasteiger partial charge on any atom is 0.175 e. The first-order valence-corrected chi connectivity index (χ1v) is 10.5. The molecule has 27 heavy (non-hydrogen) atoms. The van der Waals surface area contributed by atoms with Crippen LogP contribution in [-0.4, -0.2) is 12.6 Å². The van der Waals surface area contributed by atoms with Gasteiger partial charge < -0.3 is 14.8 Å². The molecule has 1 aliphatic rings. The molecule has 1 fully saturated rings. The van der Waals surface area contributed by atoms with E-state index in [0.29, 0.717) is 25.0 Å². The van der Waals surface area contributed by atoms with Crippen molar-refractivity contribution in [3.05, 3.63) is 57.8 Å². The van der Waals surface area contributed by atoms with Crippen molar-refractivity contribution in [1.29, 1.82) is 0 Å². The van der Waals surface area contributed by atoms with Gasteiger partial charge in [0.15, 0.2) is 11.5 Å². The molecule has 0 aliphatic heterocycles. The smallest absolute Gasteiger partial charge is 0.175 e. The van der Waals surface area contributed by atoms with Gasteiger partial charge in [0.2, 0.25) is 0 Å². The minimum absolute atomic E-state index is 0.246. The maximum atomic E-state index is 13.1. The van der Waals surface area contributed by atoms with Crippen LogP contribution >= 0.6 is 15.9 Å². The van der Waals surface area contributed by atoms with Crippen LogP contribution in [0, 0.1) is 5.82 Å². The van der Waals surface area contributed by atoms with E-state index in [-0.39, 0.29) is 5.82 Å². The van der Waals surface area contributed by atoms with Crippen LogP contribution in [0.4, 0.5) is 4.39 Å². The molecule has 1 N–H and O–H groups in total. The third kappa shape index (κ3) is 5.94. The molecule has 0 atom stereocenters. The number of halogens is 2. The fraction of sp³-hybridized carbons (Fsp3) is 0.455. The van der Waals surface area contributed by atoms with Crippen molar-refractivity contribution in [1.82, 2.24) is 5.32 Å². The Morgan fingerprint density at radius 1 is 1.04 bits per heavy atom. The van der Waals surface area contributed by atoms with E-state index in [2.05, 4.69) is 27.3 Å². The second-order valence-electron chi connectivity index (χ2n) is 6.97. The second kappa shape index (κ2) is 10.1. The number of ether oxygens (including phenoxy) is 2. The van der Waals surface area contributed by atoms with Crippen molar-refractivity contribution in [3.8, 4) is 11.5 Å². The van der Waals surface area contributed by atoms with Crippen molar-refractivity contribution in [3.63, 3.8) is 0 Å². The van der Waals surface area contributed by atoms with Crippen molar-refractivity contribution in [2.45, 2.75) is 58.2 Å². The Morgan fingerprint density at radius 2 is 1.78 bits per heavy atom. The summed E-state index contributed by atoms with van der Waals surface area (Å²) in [5, 5.41) is 3.66. The maximum absolute atomic E-state index is 13.1. The molecule has 1 aliphatic carbocycles. The molecule has 146 valence electrons. The van der Waals surface area contributed by atoms with Gasteiger partial charge in [0.25, 0.3) is 0 Å². The lowest BCUT2D eigenvalue weighted by molar-refractivity contribution is 0.267. The van der Waals surface area contributed by atoms with Gasteiger partial charge in [-0.2, -0.15) is 0 Å². The quantitative estimate of drug-likeness (QED) is 0.552. The molecule has 0 radical (unpaired) electrons. The summed E-state index contributed by atoms with van der Waals surface area (Å²) in [6.07, 6.45) is 6.53. The molecular formula is C22H27BrFNO2. The van der Waals surface area contributed by atoms with Crippen molar-refractivity contribution in [2.75, 3.05) is 6.61 Å². The zero-order chi connectivity index (χ0) is 19.1. The van der Waals surface area contributed by atoms with E-state index in [1.165, 1.54) is 49.8 Å². The third-order valence-electron chi connectivity index (χ3n) is 4.87. The Hall–Kier alpha value is -1.59. The number of nitrogens with one attached hydrogen (secondary N) is 1. The number of hydrogen-bond donors (Lipinski definition) is 1. The summed E-state index contributed by atoms with van der Waals surface area (Å²) >= 11 is 3.63. The summed E-state index contributed by atoms with van der Waals surface area (Å²) in [6.45, 7) is 3.71. The minimum atomic E-state index is -0.246. The predicted molar refractivity (Wildman–Crippen MR) is 110 cm³/mol. The van der Waals surface area contributed by atoms with E-state index < -0.39 is 0 Å². The Morgan fingerprint density at radius 3 is 2.48 bits per heavy atom. The van der Waals surface area contributed by atoms with Crippen molar-refractivity contribution < 1.29 is 13.9 Å². The Labute approximate surface area is 169 Å². The van der Waals surface area contributed by atoms with Crippen LogP contribution in [0.5, 0.6) is 11.5 Å². The lowest BCUT2D eigenvalue weighted by atomic mass is 9.95. The predicted octanol–water partition coefficient (Wildman–Crippen LogP) is 5.99. The van der Waals surface area contributed by atoms with Crippen LogP contribution in [0.3, 0.4) is 0 Å². The van der Waals surface area contributed by atoms with E-state index >= 15 is 0 Å². The number of rotatable bonds is 8. The zero-order valence-electron chi connectivity index (χ0n) is 15.8. The highest BCUT2D eigenvalue weighted by Gasteiger charge is 2.15. The Kier molecular flexibility index (Phi) is 7.53. The number of hydrogen-bond acceptors (Lipinski definition) is 3. The van der Waals surface area contributed by atoms with Crippen LogP contribution in [-0.2, 0) is 13.2 Å². The van der Waals surface area contributed by atoms with Gasteiger partial charge in [-0.05, 0) is 71.1 Å². The molecule has 0 heterocycles. The molecule has 3 nitrogen and oxygen atoms in total. The summed E-state index contributed by atoms with van der Waals surface area (Å²) in [5.41, 5.74) is 2.08. The number of benzene rings is 2. The van der Waals surface area contributed by atoms with Gasteiger partial charge in [-0.25, -0.2) is 4.39 Å². The topological polar surface area (TPSA) is 30.5 Å². The van der Waals surface area contributed by atoms with Crippen LogP contribution in [0.1, 0.15) is 50.2 Å². The van der Waals surface area contributed by atoms with Crippen LogP contribution in [0.25, 0.3) is 0 Å². The average molecular weight is 436 g/mol. The summed E-state index contributed by atoms with van der Waals surface area (Å²) in [5.74, 6) is 1.17. The lowest BCUT2D eigenvalue weighted by Crippen LogP contribution is -2.30. The fourth-order valence-electron chi connectivity index (χ4n) is 3.43. The SMILES string of the molecule is CCOc1cc(CNC2CCCCC2)cc(Br)c1OCc1ccc(F)cc1. The first-order valence-electron chi connectivity index (χ1n) is 9.71. The molecule has 3 rings (SSSR count). The normalized spacial score (nSPS) is 14.9. The molecule has 0 unspecified atom stereocenters. The summed E-state index contributed by atoms with van der Waals surface area (Å²) in [6, 6.07) is 11.1. The Bertz CT molecular complexity index is 730. The summed E-state index contributed by atoms with van der Waals surface area (Å²) < 4.78 is 25.7. The summed E-state index contributed by atoms with van der Waals surface area (Å²) in [4.78, 5) is 0. The van der Waals surface area contributed by atoms with E-state index in [1.54, 1.807) is 12.1 Å². The molecule has 5 heteroatoms. The van der Waals surface area contributed by atoms with Crippen molar-refractivity contribution in [2.24, 2.45) is 0 Å². The molecule has 0 saturated heterocycles.